The average molecular weight is 1020 g/mol. The Labute approximate surface area is 462 Å². The normalized spacial score (nSPS) is 12.6. The predicted octanol–water partition coefficient (Wildman–Crippen LogP) is 18.9. The lowest BCUT2D eigenvalue weighted by molar-refractivity contribution is 0.997. The molecule has 0 unspecified atom stereocenters. The highest BCUT2D eigenvalue weighted by Gasteiger charge is 2.22. The predicted molar refractivity (Wildman–Crippen MR) is 343 cm³/mol. The summed E-state index contributed by atoms with van der Waals surface area (Å²) in [6.45, 7) is 12.6. The summed E-state index contributed by atoms with van der Waals surface area (Å²) >= 11 is 0. The third-order valence-electron chi connectivity index (χ3n) is 16.5. The molecular formula is C76H52N4. The van der Waals surface area contributed by atoms with Crippen molar-refractivity contribution >= 4 is 122 Å². The highest BCUT2D eigenvalue weighted by Crippen LogP contribution is 2.42. The Morgan fingerprint density at radius 3 is 1.48 bits per heavy atom. The van der Waals surface area contributed by atoms with Crippen LogP contribution in [0.15, 0.2) is 244 Å². The first-order valence-electron chi connectivity index (χ1n) is 27.4. The molecule has 0 spiro atoms. The number of nitrogens with zero attached hydrogens (tertiary/aromatic N) is 4. The number of para-hydroxylation sites is 1. The largest absolute Gasteiger partial charge is 0.310 e. The van der Waals surface area contributed by atoms with Gasteiger partial charge in [0.15, 0.2) is 0 Å². The number of rotatable bonds is 8. The van der Waals surface area contributed by atoms with Gasteiger partial charge in [-0.3, -0.25) is 4.57 Å². The van der Waals surface area contributed by atoms with E-state index < -0.39 is 0 Å². The minimum absolute atomic E-state index is 0.613. The SMILES string of the molecule is C=CC=c1c(=CC)n(-c2ccc3c(C=CC)c(C=C)c4ccccc4c3c2)c2ccc(-c3ccc4c(c3)c3ccccc3n4-c3nc(-c4cc5ccccc5c5ccccc45)cc(-c4cc5ccccc5c5ccccc45)n3)cc12. The van der Waals surface area contributed by atoms with Crippen molar-refractivity contribution in [3.63, 3.8) is 0 Å². The summed E-state index contributed by atoms with van der Waals surface area (Å²) in [6.07, 6.45) is 12.6. The summed E-state index contributed by atoms with van der Waals surface area (Å²) in [5, 5.41) is 19.9. The van der Waals surface area contributed by atoms with Gasteiger partial charge in [0.05, 0.1) is 27.9 Å². The fraction of sp³-hybridized carbons (Fsp3) is 0.0263. The van der Waals surface area contributed by atoms with Gasteiger partial charge in [0.1, 0.15) is 0 Å². The van der Waals surface area contributed by atoms with Crippen molar-refractivity contribution in [3.8, 4) is 45.3 Å². The van der Waals surface area contributed by atoms with Crippen molar-refractivity contribution in [2.45, 2.75) is 13.8 Å². The van der Waals surface area contributed by atoms with Gasteiger partial charge in [-0.2, -0.15) is 0 Å². The van der Waals surface area contributed by atoms with Gasteiger partial charge in [-0.05, 0) is 161 Å². The third-order valence-corrected chi connectivity index (χ3v) is 16.5. The minimum atomic E-state index is 0.613. The lowest BCUT2D eigenvalue weighted by Gasteiger charge is -2.16. The van der Waals surface area contributed by atoms with E-state index in [4.69, 9.17) is 9.97 Å². The molecule has 0 bridgehead atoms. The van der Waals surface area contributed by atoms with Crippen LogP contribution in [0.1, 0.15) is 25.0 Å². The molecular weight excluding hydrogens is 969 g/mol. The first kappa shape index (κ1) is 46.8. The second kappa shape index (κ2) is 18.7. The molecule has 4 nitrogen and oxygen atoms in total. The second-order valence-corrected chi connectivity index (χ2v) is 20.8. The van der Waals surface area contributed by atoms with Gasteiger partial charge in [0, 0.05) is 43.5 Å². The number of hydrogen-bond acceptors (Lipinski definition) is 2. The highest BCUT2D eigenvalue weighted by molar-refractivity contribution is 6.18. The van der Waals surface area contributed by atoms with Gasteiger partial charge in [0.25, 0.3) is 0 Å². The zero-order valence-corrected chi connectivity index (χ0v) is 44.5. The van der Waals surface area contributed by atoms with E-state index in [9.17, 15) is 0 Å². The monoisotopic (exact) mass is 1020 g/mol. The summed E-state index contributed by atoms with van der Waals surface area (Å²) in [6, 6.07) is 79.6. The topological polar surface area (TPSA) is 35.6 Å². The molecule has 15 rings (SSSR count). The zero-order valence-electron chi connectivity index (χ0n) is 44.5. The Bertz CT molecular complexity index is 5180. The Balaban J connectivity index is 0.934. The molecule has 0 saturated carbocycles. The van der Waals surface area contributed by atoms with Gasteiger partial charge in [-0.1, -0.05) is 207 Å². The number of fused-ring (bicyclic) bond motifs is 13. The molecule has 0 fully saturated rings. The van der Waals surface area contributed by atoms with Gasteiger partial charge >= 0.3 is 0 Å². The lowest BCUT2D eigenvalue weighted by Crippen LogP contribution is -2.27. The van der Waals surface area contributed by atoms with E-state index in [0.29, 0.717) is 5.95 Å². The van der Waals surface area contributed by atoms with Crippen LogP contribution in [-0.4, -0.2) is 19.1 Å². The summed E-state index contributed by atoms with van der Waals surface area (Å²) in [5.41, 5.74) is 12.7. The van der Waals surface area contributed by atoms with E-state index >= 15 is 0 Å². The fourth-order valence-electron chi connectivity index (χ4n) is 13.0. The van der Waals surface area contributed by atoms with E-state index in [1.165, 1.54) is 59.4 Å². The Morgan fingerprint density at radius 1 is 0.388 bits per heavy atom. The van der Waals surface area contributed by atoms with Crippen LogP contribution in [0.3, 0.4) is 0 Å². The van der Waals surface area contributed by atoms with E-state index in [1.807, 2.05) is 12.2 Å². The van der Waals surface area contributed by atoms with E-state index in [2.05, 4.69) is 279 Å². The quantitative estimate of drug-likeness (QED) is 0.142. The molecule has 3 heterocycles. The maximum absolute atomic E-state index is 5.64. The molecule has 0 amide bonds. The Hall–Kier alpha value is -10.4. The van der Waals surface area contributed by atoms with Crippen molar-refractivity contribution in [1.29, 1.82) is 0 Å². The molecule has 12 aromatic carbocycles. The fourth-order valence-corrected chi connectivity index (χ4v) is 13.0. The number of hydrogen-bond donors (Lipinski definition) is 0. The first-order valence-corrected chi connectivity index (χ1v) is 27.4. The average Bonchev–Trinajstić information content (AvgIpc) is 4.22. The number of benzene rings is 12. The van der Waals surface area contributed by atoms with Crippen molar-refractivity contribution < 1.29 is 0 Å². The molecule has 0 aliphatic rings. The van der Waals surface area contributed by atoms with Crippen LogP contribution < -0.4 is 10.6 Å². The Kier molecular flexibility index (Phi) is 10.9. The van der Waals surface area contributed by atoms with Gasteiger partial charge in [0.2, 0.25) is 5.95 Å². The molecule has 0 aliphatic heterocycles. The van der Waals surface area contributed by atoms with Crippen LogP contribution in [0, 0.1) is 0 Å². The van der Waals surface area contributed by atoms with Crippen LogP contribution >= 0.6 is 0 Å². The molecule has 0 radical (unpaired) electrons. The van der Waals surface area contributed by atoms with Crippen molar-refractivity contribution in [2.75, 3.05) is 0 Å². The number of aromatic nitrogens is 4. The van der Waals surface area contributed by atoms with Crippen LogP contribution in [0.2, 0.25) is 0 Å². The van der Waals surface area contributed by atoms with Crippen LogP contribution in [-0.2, 0) is 0 Å². The van der Waals surface area contributed by atoms with E-state index in [0.717, 1.165) is 98.9 Å². The number of allylic oxidation sites excluding steroid dienone is 2. The molecule has 0 atom stereocenters. The molecule has 0 aliphatic carbocycles. The molecule has 4 heteroatoms. The molecule has 80 heavy (non-hydrogen) atoms. The maximum Gasteiger partial charge on any atom is 0.235 e. The Morgan fingerprint density at radius 2 is 0.887 bits per heavy atom. The van der Waals surface area contributed by atoms with Crippen molar-refractivity contribution in [3.05, 3.63) is 265 Å². The van der Waals surface area contributed by atoms with E-state index in [1.54, 1.807) is 0 Å². The van der Waals surface area contributed by atoms with Crippen LogP contribution in [0.25, 0.3) is 167 Å². The third kappa shape index (κ3) is 7.16. The summed E-state index contributed by atoms with van der Waals surface area (Å²) in [7, 11) is 0. The summed E-state index contributed by atoms with van der Waals surface area (Å²) in [5.74, 6) is 0.613. The summed E-state index contributed by atoms with van der Waals surface area (Å²) < 4.78 is 4.67. The minimum Gasteiger partial charge on any atom is -0.310 e. The molecule has 376 valence electrons. The molecule has 0 N–H and O–H groups in total. The standard InChI is InChI=1S/C76H52N4/c1-5-21-55-52(7-3)56-27-13-16-30-59(56)65-45-51(37-38-62(55)65)79-72(8-4)63(22-6-2)68-41-47(35-39-74(68)79)48-36-40-75-69(42-48)64-33-19-20-34-73(64)80(75)76-77-70(66-43-49-23-9-11-25-53(49)57-28-14-17-31-60(57)66)46-71(78-76)67-44-50-24-10-12-26-54(50)58-29-15-18-32-61(58)67/h5-46H,2-3H2,1,4H3. The second-order valence-electron chi connectivity index (χ2n) is 20.8. The molecule has 3 aromatic heterocycles. The summed E-state index contributed by atoms with van der Waals surface area (Å²) in [4.78, 5) is 11.3. The van der Waals surface area contributed by atoms with Crippen molar-refractivity contribution in [1.82, 2.24) is 19.1 Å². The molecule has 0 saturated heterocycles. The van der Waals surface area contributed by atoms with Crippen LogP contribution in [0.5, 0.6) is 0 Å². The van der Waals surface area contributed by atoms with Gasteiger partial charge in [-0.15, -0.1) is 0 Å². The first-order chi connectivity index (χ1) is 39.5. The van der Waals surface area contributed by atoms with Gasteiger partial charge in [-0.25, -0.2) is 9.97 Å². The smallest absolute Gasteiger partial charge is 0.235 e. The highest BCUT2D eigenvalue weighted by atomic mass is 15.2. The maximum atomic E-state index is 5.64. The van der Waals surface area contributed by atoms with Crippen molar-refractivity contribution in [2.24, 2.45) is 0 Å². The van der Waals surface area contributed by atoms with Gasteiger partial charge < -0.3 is 4.57 Å². The lowest BCUT2D eigenvalue weighted by atomic mass is 9.91. The van der Waals surface area contributed by atoms with Crippen LogP contribution in [0.4, 0.5) is 0 Å². The van der Waals surface area contributed by atoms with E-state index in [-0.39, 0.29) is 0 Å². The molecule has 15 aromatic rings. The zero-order chi connectivity index (χ0) is 53.6.